The maximum absolute atomic E-state index is 11.9. The molecule has 0 spiro atoms. The van der Waals surface area contributed by atoms with Crippen LogP contribution < -0.4 is 5.32 Å². The van der Waals surface area contributed by atoms with Crippen molar-refractivity contribution in [3.05, 3.63) is 0 Å². The Morgan fingerprint density at radius 3 is 2.56 bits per heavy atom. The molecule has 0 aromatic carbocycles. The lowest BCUT2D eigenvalue weighted by Crippen LogP contribution is -2.40. The molecule has 1 aliphatic rings. The van der Waals surface area contributed by atoms with Crippen molar-refractivity contribution in [3.63, 3.8) is 0 Å². The predicted octanol–water partition coefficient (Wildman–Crippen LogP) is 1.40. The number of halogens is 3. The number of rotatable bonds is 3. The van der Waals surface area contributed by atoms with Crippen LogP contribution in [0.3, 0.4) is 0 Å². The number of hydrogen-bond acceptors (Lipinski definition) is 2. The summed E-state index contributed by atoms with van der Waals surface area (Å²) in [4.78, 5) is 12.8. The van der Waals surface area contributed by atoms with Gasteiger partial charge in [-0.1, -0.05) is 0 Å². The topological polar surface area (TPSA) is 32.3 Å². The number of nitrogens with one attached hydrogen (secondary N) is 1. The smallest absolute Gasteiger partial charge is 0.348 e. The molecule has 1 N–H and O–H groups in total. The molecular formula is C10H17F3N2O. The normalized spacial score (nSPS) is 22.8. The minimum atomic E-state index is -4.77. The second-order valence-electron chi connectivity index (χ2n) is 4.45. The van der Waals surface area contributed by atoms with Gasteiger partial charge in [-0.2, -0.15) is 13.2 Å². The van der Waals surface area contributed by atoms with Gasteiger partial charge in [0.05, 0.1) is 0 Å². The number of alkyl halides is 3. The van der Waals surface area contributed by atoms with E-state index in [1.165, 1.54) is 0 Å². The fourth-order valence-corrected chi connectivity index (χ4v) is 1.84. The first kappa shape index (κ1) is 13.3. The zero-order valence-electron chi connectivity index (χ0n) is 9.47. The van der Waals surface area contributed by atoms with Crippen molar-refractivity contribution in [1.82, 2.24) is 10.2 Å². The molecule has 0 bridgehead atoms. The van der Waals surface area contributed by atoms with Crippen molar-refractivity contribution in [2.24, 2.45) is 5.92 Å². The maximum Gasteiger partial charge on any atom is 0.471 e. The minimum absolute atomic E-state index is 0.113. The Morgan fingerprint density at radius 1 is 1.50 bits per heavy atom. The molecule has 1 rings (SSSR count). The van der Waals surface area contributed by atoms with Crippen LogP contribution in [0.4, 0.5) is 13.2 Å². The predicted molar refractivity (Wildman–Crippen MR) is 53.9 cm³/mol. The highest BCUT2D eigenvalue weighted by Crippen LogP contribution is 2.19. The summed E-state index contributed by atoms with van der Waals surface area (Å²) in [6.45, 7) is 5.87. The lowest BCUT2D eigenvalue weighted by Gasteiger charge is -2.20. The zero-order valence-corrected chi connectivity index (χ0v) is 9.47. The number of nitrogens with zero attached hydrogens (tertiary/aromatic N) is 1. The van der Waals surface area contributed by atoms with Gasteiger partial charge in [0, 0.05) is 19.1 Å². The van der Waals surface area contributed by atoms with Gasteiger partial charge in [0.15, 0.2) is 0 Å². The first-order valence-electron chi connectivity index (χ1n) is 5.39. The summed E-state index contributed by atoms with van der Waals surface area (Å²) in [5.74, 6) is -1.70. The number of likely N-dealkylation sites (tertiary alicyclic amines) is 1. The van der Waals surface area contributed by atoms with Crippen molar-refractivity contribution in [2.45, 2.75) is 32.5 Å². The molecule has 1 atom stereocenters. The first-order valence-corrected chi connectivity index (χ1v) is 5.39. The maximum atomic E-state index is 11.9. The van der Waals surface area contributed by atoms with E-state index in [2.05, 4.69) is 18.7 Å². The second kappa shape index (κ2) is 5.03. The second-order valence-corrected chi connectivity index (χ2v) is 4.45. The highest BCUT2D eigenvalue weighted by Gasteiger charge is 2.39. The van der Waals surface area contributed by atoms with Crippen LogP contribution in [-0.2, 0) is 4.79 Å². The standard InChI is InChI=1S/C10H17F3N2O/c1-7(2)15-4-3-8(6-15)5-14-9(16)10(11,12)13/h7-8H,3-6H2,1-2H3,(H,14,16). The van der Waals surface area contributed by atoms with E-state index in [0.717, 1.165) is 19.5 Å². The fourth-order valence-electron chi connectivity index (χ4n) is 1.84. The summed E-state index contributed by atoms with van der Waals surface area (Å²) < 4.78 is 35.7. The van der Waals surface area contributed by atoms with Gasteiger partial charge in [0.2, 0.25) is 0 Å². The van der Waals surface area contributed by atoms with Crippen molar-refractivity contribution in [3.8, 4) is 0 Å². The van der Waals surface area contributed by atoms with Crippen molar-refractivity contribution in [1.29, 1.82) is 0 Å². The van der Waals surface area contributed by atoms with Crippen LogP contribution in [0.5, 0.6) is 0 Å². The van der Waals surface area contributed by atoms with Crippen LogP contribution in [0.1, 0.15) is 20.3 Å². The number of hydrogen-bond donors (Lipinski definition) is 1. The van der Waals surface area contributed by atoms with Crippen LogP contribution in [-0.4, -0.2) is 42.7 Å². The Morgan fingerprint density at radius 2 is 2.12 bits per heavy atom. The van der Waals surface area contributed by atoms with E-state index in [9.17, 15) is 18.0 Å². The Kier molecular flexibility index (Phi) is 4.18. The van der Waals surface area contributed by atoms with Crippen molar-refractivity contribution < 1.29 is 18.0 Å². The summed E-state index contributed by atoms with van der Waals surface area (Å²) in [6.07, 6.45) is -3.92. The van der Waals surface area contributed by atoms with Gasteiger partial charge in [-0.15, -0.1) is 0 Å². The third-order valence-electron chi connectivity index (χ3n) is 2.86. The van der Waals surface area contributed by atoms with Gasteiger partial charge in [-0.3, -0.25) is 4.79 Å². The third kappa shape index (κ3) is 3.66. The highest BCUT2D eigenvalue weighted by molar-refractivity contribution is 5.81. The van der Waals surface area contributed by atoms with Crippen molar-refractivity contribution in [2.75, 3.05) is 19.6 Å². The molecule has 1 amide bonds. The molecule has 0 aliphatic carbocycles. The molecule has 6 heteroatoms. The van der Waals surface area contributed by atoms with E-state index in [4.69, 9.17) is 0 Å². The quantitative estimate of drug-likeness (QED) is 0.806. The largest absolute Gasteiger partial charge is 0.471 e. The molecule has 0 saturated carbocycles. The summed E-state index contributed by atoms with van der Waals surface area (Å²) in [5.41, 5.74) is 0. The Hall–Kier alpha value is -0.780. The minimum Gasteiger partial charge on any atom is -0.348 e. The molecular weight excluding hydrogens is 221 g/mol. The Bertz CT molecular complexity index is 253. The molecule has 1 saturated heterocycles. The third-order valence-corrected chi connectivity index (χ3v) is 2.86. The Balaban J connectivity index is 2.28. The van der Waals surface area contributed by atoms with Crippen LogP contribution in [0.25, 0.3) is 0 Å². The molecule has 0 aromatic rings. The SMILES string of the molecule is CC(C)N1CCC(CNC(=O)C(F)(F)F)C1. The molecule has 0 radical (unpaired) electrons. The Labute approximate surface area is 93.0 Å². The summed E-state index contributed by atoms with van der Waals surface area (Å²) in [7, 11) is 0. The van der Waals surface area contributed by atoms with Gasteiger partial charge in [0.25, 0.3) is 0 Å². The van der Waals surface area contributed by atoms with E-state index in [1.807, 2.05) is 5.32 Å². The van der Waals surface area contributed by atoms with E-state index >= 15 is 0 Å². The molecule has 3 nitrogen and oxygen atoms in total. The van der Waals surface area contributed by atoms with E-state index in [-0.39, 0.29) is 12.5 Å². The number of carbonyl (C=O) groups is 1. The molecule has 1 fully saturated rings. The van der Waals surface area contributed by atoms with Gasteiger partial charge >= 0.3 is 12.1 Å². The lowest BCUT2D eigenvalue weighted by molar-refractivity contribution is -0.173. The van der Waals surface area contributed by atoms with Gasteiger partial charge in [-0.25, -0.2) is 0 Å². The average molecular weight is 238 g/mol. The van der Waals surface area contributed by atoms with E-state index < -0.39 is 12.1 Å². The van der Waals surface area contributed by atoms with Gasteiger partial charge < -0.3 is 10.2 Å². The van der Waals surface area contributed by atoms with Gasteiger partial charge in [-0.05, 0) is 32.7 Å². The van der Waals surface area contributed by atoms with Crippen LogP contribution in [0, 0.1) is 5.92 Å². The highest BCUT2D eigenvalue weighted by atomic mass is 19.4. The number of carbonyl (C=O) groups excluding carboxylic acids is 1. The molecule has 16 heavy (non-hydrogen) atoms. The molecule has 1 aliphatic heterocycles. The monoisotopic (exact) mass is 238 g/mol. The fraction of sp³-hybridized carbons (Fsp3) is 0.900. The molecule has 0 aromatic heterocycles. The van der Waals surface area contributed by atoms with Crippen LogP contribution in [0.15, 0.2) is 0 Å². The van der Waals surface area contributed by atoms with Crippen LogP contribution in [0.2, 0.25) is 0 Å². The van der Waals surface area contributed by atoms with Crippen molar-refractivity contribution >= 4 is 5.91 Å². The molecule has 94 valence electrons. The summed E-state index contributed by atoms with van der Waals surface area (Å²) in [6, 6.07) is 0.406. The van der Waals surface area contributed by atoms with E-state index in [0.29, 0.717) is 6.04 Å². The lowest BCUT2D eigenvalue weighted by atomic mass is 10.1. The van der Waals surface area contributed by atoms with Gasteiger partial charge in [0.1, 0.15) is 0 Å². The molecule has 1 heterocycles. The number of amides is 1. The average Bonchev–Trinajstić information content (AvgIpc) is 2.60. The zero-order chi connectivity index (χ0) is 12.3. The molecule has 1 unspecified atom stereocenters. The van der Waals surface area contributed by atoms with E-state index in [1.54, 1.807) is 0 Å². The van der Waals surface area contributed by atoms with Crippen LogP contribution >= 0.6 is 0 Å². The summed E-state index contributed by atoms with van der Waals surface area (Å²) >= 11 is 0. The first-order chi connectivity index (χ1) is 7.30. The summed E-state index contributed by atoms with van der Waals surface area (Å²) in [5, 5.41) is 1.93.